The van der Waals surface area contributed by atoms with Crippen LogP contribution in [-0.4, -0.2) is 30.4 Å². The number of hydrogen-bond acceptors (Lipinski definition) is 4. The third-order valence-corrected chi connectivity index (χ3v) is 3.82. The van der Waals surface area contributed by atoms with E-state index in [4.69, 9.17) is 17.0 Å². The number of thiocarbonyl (C=S) groups is 1. The van der Waals surface area contributed by atoms with Crippen LogP contribution in [0.2, 0.25) is 0 Å². The van der Waals surface area contributed by atoms with Gasteiger partial charge in [0.2, 0.25) is 0 Å². The van der Waals surface area contributed by atoms with Crippen molar-refractivity contribution in [3.05, 3.63) is 39.7 Å². The molecule has 2 N–H and O–H groups in total. The predicted molar refractivity (Wildman–Crippen MR) is 85.6 cm³/mol. The molecule has 1 aliphatic heterocycles. The lowest BCUT2D eigenvalue weighted by molar-refractivity contribution is -0.138. The van der Waals surface area contributed by atoms with Crippen molar-refractivity contribution in [1.29, 1.82) is 0 Å². The minimum Gasteiger partial charge on any atom is -0.458 e. The molecule has 7 heteroatoms. The first-order valence-electron chi connectivity index (χ1n) is 6.32. The Morgan fingerprint density at radius 2 is 2.43 bits per heavy atom. The van der Waals surface area contributed by atoms with Gasteiger partial charge in [0.1, 0.15) is 13.3 Å². The van der Waals surface area contributed by atoms with E-state index in [2.05, 4.69) is 10.6 Å². The zero-order chi connectivity index (χ0) is 15.2. The number of hydrogen-bond donors (Lipinski definition) is 2. The van der Waals surface area contributed by atoms with Crippen LogP contribution in [0.5, 0.6) is 0 Å². The Bertz CT molecular complexity index is 582. The summed E-state index contributed by atoms with van der Waals surface area (Å²) in [6, 6.07) is 1.21. The van der Waals surface area contributed by atoms with Gasteiger partial charge in [0.05, 0.1) is 11.6 Å². The van der Waals surface area contributed by atoms with Crippen molar-refractivity contribution < 1.29 is 13.9 Å². The molecule has 0 aromatic carbocycles. The summed E-state index contributed by atoms with van der Waals surface area (Å²) < 4.78 is 18.2. The van der Waals surface area contributed by atoms with Gasteiger partial charge in [-0.3, -0.25) is 0 Å². The molecule has 0 fully saturated rings. The summed E-state index contributed by atoms with van der Waals surface area (Å²) in [4.78, 5) is 12.0. The van der Waals surface area contributed by atoms with Crippen molar-refractivity contribution in [1.82, 2.24) is 10.6 Å². The quantitative estimate of drug-likeness (QED) is 0.643. The topological polar surface area (TPSA) is 50.4 Å². The molecule has 1 aliphatic rings. The molecule has 0 amide bonds. The lowest BCUT2D eigenvalue weighted by Gasteiger charge is -2.27. The monoisotopic (exact) mass is 326 g/mol. The average molecular weight is 326 g/mol. The van der Waals surface area contributed by atoms with Crippen molar-refractivity contribution in [2.24, 2.45) is 0 Å². The van der Waals surface area contributed by atoms with Crippen LogP contribution in [0.3, 0.4) is 0 Å². The van der Waals surface area contributed by atoms with E-state index in [9.17, 15) is 9.18 Å². The average Bonchev–Trinajstić information content (AvgIpc) is 2.95. The van der Waals surface area contributed by atoms with Crippen LogP contribution >= 0.6 is 23.6 Å². The molecule has 1 unspecified atom stereocenters. The number of nitrogens with one attached hydrogen (secondary N) is 2. The summed E-state index contributed by atoms with van der Waals surface area (Å²) in [5.74, 6) is -0.549. The molecule has 2 heterocycles. The highest BCUT2D eigenvalue weighted by atomic mass is 32.1. The maximum Gasteiger partial charge on any atom is 0.338 e. The van der Waals surface area contributed by atoms with Crippen molar-refractivity contribution in [2.75, 3.05) is 13.3 Å². The molecule has 0 bridgehead atoms. The smallest absolute Gasteiger partial charge is 0.338 e. The molecule has 0 radical (unpaired) electrons. The fourth-order valence-corrected chi connectivity index (χ4v) is 2.86. The number of ether oxygens (including phenoxy) is 1. The molecule has 1 aromatic rings. The molecule has 4 nitrogen and oxygen atoms in total. The number of thiophene rings is 1. The largest absolute Gasteiger partial charge is 0.458 e. The minimum atomic E-state index is -0.757. The number of carbonyl (C=O) groups is 1. The lowest BCUT2D eigenvalue weighted by Crippen LogP contribution is -2.50. The molecule has 1 atom stereocenters. The zero-order valence-electron chi connectivity index (χ0n) is 11.4. The van der Waals surface area contributed by atoms with Gasteiger partial charge in [-0.25, -0.2) is 9.18 Å². The van der Waals surface area contributed by atoms with E-state index in [0.717, 1.165) is 5.56 Å². The van der Waals surface area contributed by atoms with E-state index in [1.54, 1.807) is 24.3 Å². The molecule has 21 heavy (non-hydrogen) atoms. The maximum absolute atomic E-state index is 13.0. The van der Waals surface area contributed by atoms with Crippen LogP contribution in [0.1, 0.15) is 12.5 Å². The third kappa shape index (κ3) is 4.12. The minimum absolute atomic E-state index is 0.134. The van der Waals surface area contributed by atoms with Gasteiger partial charge in [0.15, 0.2) is 5.11 Å². The summed E-state index contributed by atoms with van der Waals surface area (Å²) in [6.45, 7) is 1.08. The van der Waals surface area contributed by atoms with Crippen molar-refractivity contribution >= 4 is 40.7 Å². The lowest BCUT2D eigenvalue weighted by atomic mass is 10.0. The van der Waals surface area contributed by atoms with Gasteiger partial charge in [-0.2, -0.15) is 11.3 Å². The van der Waals surface area contributed by atoms with Gasteiger partial charge >= 0.3 is 5.97 Å². The van der Waals surface area contributed by atoms with Crippen molar-refractivity contribution in [3.63, 3.8) is 0 Å². The second-order valence-corrected chi connectivity index (χ2v) is 5.59. The molecule has 0 spiro atoms. The first-order valence-corrected chi connectivity index (χ1v) is 7.67. The molecule has 0 saturated heterocycles. The van der Waals surface area contributed by atoms with Crippen LogP contribution < -0.4 is 10.6 Å². The van der Waals surface area contributed by atoms with Crippen LogP contribution in [0.15, 0.2) is 34.2 Å². The van der Waals surface area contributed by atoms with Crippen LogP contribution in [0.25, 0.3) is 6.08 Å². The van der Waals surface area contributed by atoms with E-state index in [0.29, 0.717) is 10.8 Å². The molecule has 2 rings (SSSR count). The van der Waals surface area contributed by atoms with Gasteiger partial charge in [-0.05, 0) is 47.6 Å². The highest BCUT2D eigenvalue weighted by molar-refractivity contribution is 7.80. The number of allylic oxidation sites excluding steroid dienone is 1. The fraction of sp³-hybridized carbons (Fsp3) is 0.286. The van der Waals surface area contributed by atoms with E-state index < -0.39 is 18.7 Å². The second kappa shape index (κ2) is 7.33. The number of esters is 1. The SMILES string of the molecule is CC1=C(C(=O)OC/C=C/c2ccsc2)C(CF)NC(=S)N1. The highest BCUT2D eigenvalue weighted by Crippen LogP contribution is 2.15. The Balaban J connectivity index is 1.95. The van der Waals surface area contributed by atoms with E-state index >= 15 is 0 Å². The molecular formula is C14H15FN2O2S2. The number of rotatable bonds is 5. The Morgan fingerprint density at radius 1 is 1.62 bits per heavy atom. The van der Waals surface area contributed by atoms with E-state index in [-0.39, 0.29) is 12.2 Å². The van der Waals surface area contributed by atoms with Crippen molar-refractivity contribution in [3.8, 4) is 0 Å². The summed E-state index contributed by atoms with van der Waals surface area (Å²) in [5, 5.41) is 9.78. The van der Waals surface area contributed by atoms with E-state index in [1.807, 2.05) is 22.9 Å². The van der Waals surface area contributed by atoms with Gasteiger partial charge in [0.25, 0.3) is 0 Å². The molecular weight excluding hydrogens is 311 g/mol. The summed E-state index contributed by atoms with van der Waals surface area (Å²) in [6.07, 6.45) is 3.61. The highest BCUT2D eigenvalue weighted by Gasteiger charge is 2.29. The summed E-state index contributed by atoms with van der Waals surface area (Å²) >= 11 is 6.53. The van der Waals surface area contributed by atoms with Gasteiger partial charge in [-0.1, -0.05) is 6.08 Å². The van der Waals surface area contributed by atoms with Crippen molar-refractivity contribution in [2.45, 2.75) is 13.0 Å². The Morgan fingerprint density at radius 3 is 3.10 bits per heavy atom. The number of alkyl halides is 1. The van der Waals surface area contributed by atoms with Gasteiger partial charge < -0.3 is 15.4 Å². The maximum atomic E-state index is 13.0. The first kappa shape index (κ1) is 15.7. The summed E-state index contributed by atoms with van der Waals surface area (Å²) in [5.41, 5.74) is 1.82. The van der Waals surface area contributed by atoms with Crippen LogP contribution in [0.4, 0.5) is 4.39 Å². The molecule has 112 valence electrons. The van der Waals surface area contributed by atoms with Gasteiger partial charge in [-0.15, -0.1) is 0 Å². The molecule has 1 aromatic heterocycles. The van der Waals surface area contributed by atoms with E-state index in [1.165, 1.54) is 0 Å². The van der Waals surface area contributed by atoms with Gasteiger partial charge in [0, 0.05) is 5.70 Å². The fourth-order valence-electron chi connectivity index (χ4n) is 1.93. The first-order chi connectivity index (χ1) is 10.1. The predicted octanol–water partition coefficient (Wildman–Crippen LogP) is 2.39. The number of halogens is 1. The molecule has 0 saturated carbocycles. The number of carbonyl (C=O) groups excluding carboxylic acids is 1. The second-order valence-electron chi connectivity index (χ2n) is 4.40. The summed E-state index contributed by atoms with van der Waals surface area (Å²) in [7, 11) is 0. The Hall–Kier alpha value is -1.73. The Labute approximate surface area is 131 Å². The zero-order valence-corrected chi connectivity index (χ0v) is 13.0. The molecule has 0 aliphatic carbocycles. The normalized spacial score (nSPS) is 18.6. The van der Waals surface area contributed by atoms with Crippen LogP contribution in [-0.2, 0) is 9.53 Å². The Kier molecular flexibility index (Phi) is 5.46. The third-order valence-electron chi connectivity index (χ3n) is 2.90. The van der Waals surface area contributed by atoms with Crippen LogP contribution in [0, 0.1) is 0 Å². The standard InChI is InChI=1S/C14H15FN2O2S2/c1-9-12(11(7-15)17-14(20)16-9)13(18)19-5-2-3-10-4-6-21-8-10/h2-4,6,8,11H,5,7H2,1H3,(H2,16,17,20)/b3-2+.